The highest BCUT2D eigenvalue weighted by Gasteiger charge is 2.23. The van der Waals surface area contributed by atoms with Crippen LogP contribution in [0.1, 0.15) is 0 Å². The number of benzene rings is 3. The van der Waals surface area contributed by atoms with Crippen LogP contribution in [0.5, 0.6) is 0 Å². The molecule has 0 bridgehead atoms. The Balaban J connectivity index is 1.99. The molecule has 1 heterocycles. The summed E-state index contributed by atoms with van der Waals surface area (Å²) in [5, 5.41) is 3.40. The van der Waals surface area contributed by atoms with E-state index in [9.17, 15) is 0 Å². The zero-order valence-corrected chi connectivity index (χ0v) is 14.2. The molecular weight excluding hydrogens is 372 g/mol. The monoisotopic (exact) mass is 378 g/mol. The number of rotatable bonds is 0. The van der Waals surface area contributed by atoms with Gasteiger partial charge in [-0.25, -0.2) is 0 Å². The molecule has 0 fully saturated rings. The summed E-state index contributed by atoms with van der Waals surface area (Å²) in [5.41, 5.74) is 0. The Morgan fingerprint density at radius 3 is 2.55 bits per heavy atom. The van der Waals surface area contributed by atoms with Crippen LogP contribution < -0.4 is 0 Å². The van der Waals surface area contributed by atoms with E-state index in [1.807, 2.05) is 12.1 Å². The van der Waals surface area contributed by atoms with Crippen molar-refractivity contribution in [1.82, 2.24) is 0 Å². The molecule has 0 amide bonds. The van der Waals surface area contributed by atoms with Gasteiger partial charge in [0.05, 0.1) is 5.02 Å². The summed E-state index contributed by atoms with van der Waals surface area (Å²) in [6.45, 7) is 0. The van der Waals surface area contributed by atoms with Crippen LogP contribution in [-0.4, -0.2) is 0 Å². The fourth-order valence-electron chi connectivity index (χ4n) is 2.33. The van der Waals surface area contributed by atoms with E-state index in [1.165, 1.54) is 25.5 Å². The summed E-state index contributed by atoms with van der Waals surface area (Å²) in [6.07, 6.45) is 0. The van der Waals surface area contributed by atoms with Crippen LogP contribution in [0.15, 0.2) is 72.6 Å². The van der Waals surface area contributed by atoms with Crippen molar-refractivity contribution < 1.29 is 0 Å². The topological polar surface area (TPSA) is 0 Å². The SMILES string of the molecule is Clc1ccc(Br)c2c1Sc1ccc3ccccc3c1S2. The minimum atomic E-state index is 0.819. The largest absolute Gasteiger partial charge is 0.0861 e. The molecule has 0 atom stereocenters. The number of fused-ring (bicyclic) bond motifs is 4. The van der Waals surface area contributed by atoms with Crippen LogP contribution in [0, 0.1) is 0 Å². The van der Waals surface area contributed by atoms with Gasteiger partial charge in [0.15, 0.2) is 0 Å². The minimum Gasteiger partial charge on any atom is -0.0861 e. The van der Waals surface area contributed by atoms with E-state index in [2.05, 4.69) is 52.3 Å². The van der Waals surface area contributed by atoms with Crippen molar-refractivity contribution in [2.24, 2.45) is 0 Å². The Morgan fingerprint density at radius 2 is 1.65 bits per heavy atom. The van der Waals surface area contributed by atoms with E-state index in [-0.39, 0.29) is 0 Å². The first-order valence-corrected chi connectivity index (χ1v) is 8.90. The molecule has 0 radical (unpaired) electrons. The molecule has 3 aromatic carbocycles. The Kier molecular flexibility index (Phi) is 3.26. The minimum absolute atomic E-state index is 0.819. The van der Waals surface area contributed by atoms with Crippen LogP contribution in [0.2, 0.25) is 5.02 Å². The lowest BCUT2D eigenvalue weighted by Crippen LogP contribution is -1.92. The first-order valence-electron chi connectivity index (χ1n) is 6.09. The van der Waals surface area contributed by atoms with Crippen molar-refractivity contribution in [1.29, 1.82) is 0 Å². The van der Waals surface area contributed by atoms with Crippen LogP contribution in [0.3, 0.4) is 0 Å². The van der Waals surface area contributed by atoms with E-state index < -0.39 is 0 Å². The molecule has 0 aromatic heterocycles. The average Bonchev–Trinajstić information content (AvgIpc) is 2.50. The molecule has 0 unspecified atom stereocenters. The fraction of sp³-hybridized carbons (Fsp3) is 0. The van der Waals surface area contributed by atoms with Crippen molar-refractivity contribution in [3.05, 3.63) is 58.0 Å². The summed E-state index contributed by atoms with van der Waals surface area (Å²) in [4.78, 5) is 4.96. The molecule has 0 aliphatic carbocycles. The first-order chi connectivity index (χ1) is 9.74. The smallest absolute Gasteiger partial charge is 0.0557 e. The van der Waals surface area contributed by atoms with Gasteiger partial charge < -0.3 is 0 Å². The van der Waals surface area contributed by atoms with Gasteiger partial charge >= 0.3 is 0 Å². The molecule has 0 N–H and O–H groups in total. The zero-order valence-electron chi connectivity index (χ0n) is 10.2. The lowest BCUT2D eigenvalue weighted by Gasteiger charge is -2.21. The maximum Gasteiger partial charge on any atom is 0.0557 e. The molecule has 1 aliphatic heterocycles. The Morgan fingerprint density at radius 1 is 0.800 bits per heavy atom. The number of hydrogen-bond donors (Lipinski definition) is 0. The third kappa shape index (κ3) is 2.00. The van der Waals surface area contributed by atoms with Crippen molar-refractivity contribution in [3.8, 4) is 0 Å². The standard InChI is InChI=1S/C16H8BrClS2/c17-11-6-7-12(18)16-15(11)20-14-10-4-2-1-3-9(10)5-8-13(14)19-16/h1-8H. The van der Waals surface area contributed by atoms with Crippen LogP contribution >= 0.6 is 51.1 Å². The van der Waals surface area contributed by atoms with Crippen LogP contribution in [0.25, 0.3) is 10.8 Å². The predicted molar refractivity (Wildman–Crippen MR) is 91.3 cm³/mol. The van der Waals surface area contributed by atoms with E-state index in [0.717, 1.165) is 14.4 Å². The summed E-state index contributed by atoms with van der Waals surface area (Å²) in [5.74, 6) is 0. The second kappa shape index (κ2) is 4.99. The van der Waals surface area contributed by atoms with Gasteiger partial charge in [0.2, 0.25) is 0 Å². The van der Waals surface area contributed by atoms with E-state index >= 15 is 0 Å². The zero-order chi connectivity index (χ0) is 13.7. The van der Waals surface area contributed by atoms with Gasteiger partial charge in [-0.2, -0.15) is 0 Å². The molecule has 0 nitrogen and oxygen atoms in total. The van der Waals surface area contributed by atoms with Gasteiger partial charge in [0.25, 0.3) is 0 Å². The summed E-state index contributed by atoms with van der Waals surface area (Å²) in [6, 6.07) is 16.9. The molecular formula is C16H8BrClS2. The quantitative estimate of drug-likeness (QED) is 0.327. The van der Waals surface area contributed by atoms with Gasteiger partial charge in [-0.05, 0) is 44.9 Å². The van der Waals surface area contributed by atoms with E-state index in [4.69, 9.17) is 11.6 Å². The summed E-state index contributed by atoms with van der Waals surface area (Å²) in [7, 11) is 0. The lowest BCUT2D eigenvalue weighted by atomic mass is 10.1. The molecule has 98 valence electrons. The average molecular weight is 380 g/mol. The van der Waals surface area contributed by atoms with Crippen molar-refractivity contribution >= 4 is 61.8 Å². The van der Waals surface area contributed by atoms with Gasteiger partial charge in [-0.15, -0.1) is 0 Å². The molecule has 1 aliphatic rings. The molecule has 3 aromatic rings. The van der Waals surface area contributed by atoms with Gasteiger partial charge in [-0.1, -0.05) is 65.5 Å². The highest BCUT2D eigenvalue weighted by atomic mass is 79.9. The van der Waals surface area contributed by atoms with Crippen LogP contribution in [-0.2, 0) is 0 Å². The Hall–Kier alpha value is -0.610. The third-order valence-electron chi connectivity index (χ3n) is 3.28. The third-order valence-corrected chi connectivity index (χ3v) is 7.34. The van der Waals surface area contributed by atoms with Crippen molar-refractivity contribution in [2.75, 3.05) is 0 Å². The maximum absolute atomic E-state index is 6.34. The van der Waals surface area contributed by atoms with E-state index in [1.54, 1.807) is 23.5 Å². The van der Waals surface area contributed by atoms with Gasteiger partial charge in [0.1, 0.15) is 0 Å². The molecule has 0 saturated carbocycles. The Labute approximate surface area is 139 Å². The number of halogens is 2. The van der Waals surface area contributed by atoms with Crippen LogP contribution in [0.4, 0.5) is 0 Å². The fourth-order valence-corrected chi connectivity index (χ4v) is 5.82. The van der Waals surface area contributed by atoms with Gasteiger partial charge in [-0.3, -0.25) is 0 Å². The molecule has 4 rings (SSSR count). The second-order valence-electron chi connectivity index (χ2n) is 4.51. The summed E-state index contributed by atoms with van der Waals surface area (Å²) >= 11 is 13.5. The molecule has 0 saturated heterocycles. The normalized spacial score (nSPS) is 13.1. The van der Waals surface area contributed by atoms with Gasteiger partial charge in [0, 0.05) is 24.1 Å². The molecule has 20 heavy (non-hydrogen) atoms. The maximum atomic E-state index is 6.34. The lowest BCUT2D eigenvalue weighted by molar-refractivity contribution is 1.16. The second-order valence-corrected chi connectivity index (χ2v) is 7.84. The van der Waals surface area contributed by atoms with Crippen molar-refractivity contribution in [3.63, 3.8) is 0 Å². The van der Waals surface area contributed by atoms with Crippen molar-refractivity contribution in [2.45, 2.75) is 19.6 Å². The predicted octanol–water partition coefficient (Wildman–Crippen LogP) is 6.87. The molecule has 0 spiro atoms. The highest BCUT2D eigenvalue weighted by molar-refractivity contribution is 9.10. The molecule has 4 heteroatoms. The Bertz CT molecular complexity index is 845. The first kappa shape index (κ1) is 13.1. The van der Waals surface area contributed by atoms with E-state index in [0.29, 0.717) is 0 Å². The summed E-state index contributed by atoms with van der Waals surface area (Å²) < 4.78 is 1.10. The highest BCUT2D eigenvalue weighted by Crippen LogP contribution is 2.54. The number of hydrogen-bond acceptors (Lipinski definition) is 2.